The van der Waals surface area contributed by atoms with Crippen LogP contribution in [0.3, 0.4) is 0 Å². The summed E-state index contributed by atoms with van der Waals surface area (Å²) in [5, 5.41) is 5.19. The van der Waals surface area contributed by atoms with Gasteiger partial charge in [-0.25, -0.2) is 0 Å². The lowest BCUT2D eigenvalue weighted by molar-refractivity contribution is 0.660. The van der Waals surface area contributed by atoms with Crippen molar-refractivity contribution in [3.05, 3.63) is 187 Å². The number of rotatable bonds is 5. The molecule has 0 saturated carbocycles. The standard InChI is InChI=1S/C49H35NS/c1-49(2)41-23-12-11-21-38(41)46-42(49)24-14-25-43(46)50(36-29-27-33(28-30-36)32-15-5-3-6-16-32)44-26-13-22-39-45-37-20-10-9-19-35(37)31-40(48(45)51-47(39)44)34-17-7-4-8-18-34/h3-31H,1-2H3. The van der Waals surface area contributed by atoms with E-state index >= 15 is 0 Å². The fourth-order valence-corrected chi connectivity index (χ4v) is 9.76. The van der Waals surface area contributed by atoms with Crippen LogP contribution in [0.1, 0.15) is 25.0 Å². The maximum Gasteiger partial charge on any atom is 0.0640 e. The van der Waals surface area contributed by atoms with E-state index in [2.05, 4.69) is 195 Å². The van der Waals surface area contributed by atoms with Gasteiger partial charge >= 0.3 is 0 Å². The number of hydrogen-bond acceptors (Lipinski definition) is 2. The molecule has 51 heavy (non-hydrogen) atoms. The van der Waals surface area contributed by atoms with Gasteiger partial charge in [-0.1, -0.05) is 159 Å². The van der Waals surface area contributed by atoms with Crippen LogP contribution in [-0.4, -0.2) is 0 Å². The Morgan fingerprint density at radius 2 is 1.06 bits per heavy atom. The molecule has 1 nitrogen and oxygen atoms in total. The first kappa shape index (κ1) is 29.9. The van der Waals surface area contributed by atoms with Gasteiger partial charge in [0.15, 0.2) is 0 Å². The number of anilines is 3. The van der Waals surface area contributed by atoms with Gasteiger partial charge < -0.3 is 4.90 Å². The smallest absolute Gasteiger partial charge is 0.0640 e. The number of thiophene rings is 1. The third kappa shape index (κ3) is 4.60. The molecule has 1 aliphatic rings. The van der Waals surface area contributed by atoms with Crippen LogP contribution in [0, 0.1) is 0 Å². The SMILES string of the molecule is CC1(C)c2ccccc2-c2c(N(c3ccc(-c4ccccc4)cc3)c3cccc4c3sc3c(-c5ccccc5)cc5ccccc5c34)cccc21. The summed E-state index contributed by atoms with van der Waals surface area (Å²) in [4.78, 5) is 2.52. The summed E-state index contributed by atoms with van der Waals surface area (Å²) in [6, 6.07) is 64.7. The summed E-state index contributed by atoms with van der Waals surface area (Å²) in [6.45, 7) is 4.73. The van der Waals surface area contributed by atoms with Crippen LogP contribution in [-0.2, 0) is 5.41 Å². The molecule has 0 saturated heterocycles. The Kier molecular flexibility index (Phi) is 6.78. The van der Waals surface area contributed by atoms with Crippen molar-refractivity contribution in [1.29, 1.82) is 0 Å². The zero-order valence-corrected chi connectivity index (χ0v) is 29.4. The molecule has 0 amide bonds. The third-order valence-electron chi connectivity index (χ3n) is 10.9. The van der Waals surface area contributed by atoms with Crippen molar-refractivity contribution < 1.29 is 0 Å². The van der Waals surface area contributed by atoms with Gasteiger partial charge in [-0.2, -0.15) is 0 Å². The highest BCUT2D eigenvalue weighted by atomic mass is 32.1. The summed E-state index contributed by atoms with van der Waals surface area (Å²) in [7, 11) is 0. The quantitative estimate of drug-likeness (QED) is 0.176. The highest BCUT2D eigenvalue weighted by Crippen LogP contribution is 2.56. The number of hydrogen-bond donors (Lipinski definition) is 0. The van der Waals surface area contributed by atoms with E-state index in [4.69, 9.17) is 0 Å². The summed E-state index contributed by atoms with van der Waals surface area (Å²) in [6.07, 6.45) is 0. The number of nitrogens with zero attached hydrogens (tertiary/aromatic N) is 1. The van der Waals surface area contributed by atoms with Crippen LogP contribution < -0.4 is 4.90 Å². The van der Waals surface area contributed by atoms with Crippen LogP contribution in [0.4, 0.5) is 17.1 Å². The Bertz CT molecular complexity index is 2760. The molecular formula is C49H35NS. The first-order valence-corrected chi connectivity index (χ1v) is 18.5. The van der Waals surface area contributed by atoms with E-state index in [1.54, 1.807) is 0 Å². The summed E-state index contributed by atoms with van der Waals surface area (Å²) >= 11 is 1.92. The molecule has 9 aromatic rings. The van der Waals surface area contributed by atoms with Crippen molar-refractivity contribution in [3.63, 3.8) is 0 Å². The van der Waals surface area contributed by atoms with Gasteiger partial charge in [-0.3, -0.25) is 0 Å². The molecule has 1 aromatic heterocycles. The van der Waals surface area contributed by atoms with Crippen LogP contribution in [0.5, 0.6) is 0 Å². The molecule has 8 aromatic carbocycles. The van der Waals surface area contributed by atoms with E-state index in [-0.39, 0.29) is 5.41 Å². The largest absolute Gasteiger partial charge is 0.308 e. The van der Waals surface area contributed by atoms with Gasteiger partial charge in [-0.15, -0.1) is 11.3 Å². The fraction of sp³-hybridized carbons (Fsp3) is 0.0612. The Morgan fingerprint density at radius 1 is 0.451 bits per heavy atom. The van der Waals surface area contributed by atoms with Gasteiger partial charge in [0.1, 0.15) is 0 Å². The molecule has 0 radical (unpaired) electrons. The Labute approximate surface area is 302 Å². The number of benzene rings is 8. The van der Waals surface area contributed by atoms with Crippen LogP contribution in [0.2, 0.25) is 0 Å². The average molecular weight is 670 g/mol. The van der Waals surface area contributed by atoms with Gasteiger partial charge in [-0.05, 0) is 74.5 Å². The topological polar surface area (TPSA) is 3.24 Å². The molecule has 0 N–H and O–H groups in total. The molecule has 10 rings (SSSR count). The summed E-state index contributed by atoms with van der Waals surface area (Å²) < 4.78 is 2.61. The first-order chi connectivity index (χ1) is 25.1. The highest BCUT2D eigenvalue weighted by molar-refractivity contribution is 7.27. The van der Waals surface area contributed by atoms with E-state index in [9.17, 15) is 0 Å². The molecule has 0 spiro atoms. The maximum absolute atomic E-state index is 2.52. The van der Waals surface area contributed by atoms with E-state index < -0.39 is 0 Å². The van der Waals surface area contributed by atoms with Gasteiger partial charge in [0, 0.05) is 37.7 Å². The molecular weight excluding hydrogens is 635 g/mol. The minimum absolute atomic E-state index is 0.0993. The van der Waals surface area contributed by atoms with Crippen LogP contribution in [0.15, 0.2) is 176 Å². The second-order valence-corrected chi connectivity index (χ2v) is 15.1. The van der Waals surface area contributed by atoms with E-state index in [0.717, 1.165) is 5.69 Å². The Balaban J connectivity index is 1.28. The van der Waals surface area contributed by atoms with Crippen molar-refractivity contribution in [2.24, 2.45) is 0 Å². The molecule has 0 fully saturated rings. The third-order valence-corrected chi connectivity index (χ3v) is 12.1. The first-order valence-electron chi connectivity index (χ1n) is 17.7. The van der Waals surface area contributed by atoms with Crippen molar-refractivity contribution in [1.82, 2.24) is 0 Å². The Hall–Kier alpha value is -5.96. The lowest BCUT2D eigenvalue weighted by atomic mass is 9.82. The van der Waals surface area contributed by atoms with Crippen molar-refractivity contribution in [2.45, 2.75) is 19.3 Å². The lowest BCUT2D eigenvalue weighted by Crippen LogP contribution is -2.16. The molecule has 0 bridgehead atoms. The zero-order valence-electron chi connectivity index (χ0n) is 28.6. The second-order valence-electron chi connectivity index (χ2n) is 14.1. The predicted molar refractivity (Wildman–Crippen MR) is 220 cm³/mol. The second kappa shape index (κ2) is 11.6. The van der Waals surface area contributed by atoms with Crippen molar-refractivity contribution in [3.8, 4) is 33.4 Å². The molecule has 0 unspecified atom stereocenters. The van der Waals surface area contributed by atoms with E-state index in [1.165, 1.54) is 86.8 Å². The maximum atomic E-state index is 2.52. The monoisotopic (exact) mass is 669 g/mol. The minimum Gasteiger partial charge on any atom is -0.308 e. The fourth-order valence-electron chi connectivity index (χ4n) is 8.40. The van der Waals surface area contributed by atoms with Gasteiger partial charge in [0.2, 0.25) is 0 Å². The number of fused-ring (bicyclic) bond motifs is 8. The predicted octanol–water partition coefficient (Wildman–Crippen LogP) is 14.3. The average Bonchev–Trinajstić information content (AvgIpc) is 3.70. The molecule has 2 heteroatoms. The van der Waals surface area contributed by atoms with Gasteiger partial charge in [0.25, 0.3) is 0 Å². The zero-order chi connectivity index (χ0) is 34.1. The van der Waals surface area contributed by atoms with Crippen molar-refractivity contribution in [2.75, 3.05) is 4.90 Å². The van der Waals surface area contributed by atoms with Crippen molar-refractivity contribution >= 4 is 59.3 Å². The van der Waals surface area contributed by atoms with E-state index in [0.29, 0.717) is 0 Å². The molecule has 242 valence electrons. The molecule has 0 atom stereocenters. The van der Waals surface area contributed by atoms with Crippen LogP contribution in [0.25, 0.3) is 64.3 Å². The van der Waals surface area contributed by atoms with Crippen LogP contribution >= 0.6 is 11.3 Å². The minimum atomic E-state index is -0.0993. The molecule has 1 heterocycles. The highest BCUT2D eigenvalue weighted by Gasteiger charge is 2.38. The Morgan fingerprint density at radius 3 is 1.86 bits per heavy atom. The van der Waals surface area contributed by atoms with E-state index in [1.807, 2.05) is 11.3 Å². The lowest BCUT2D eigenvalue weighted by Gasteiger charge is -2.29. The normalized spacial score (nSPS) is 13.1. The molecule has 0 aliphatic heterocycles. The summed E-state index contributed by atoms with van der Waals surface area (Å²) in [5.74, 6) is 0. The summed E-state index contributed by atoms with van der Waals surface area (Å²) in [5.41, 5.74) is 13.8. The molecule has 1 aliphatic carbocycles. The van der Waals surface area contributed by atoms with Gasteiger partial charge in [0.05, 0.1) is 16.1 Å².